The first-order chi connectivity index (χ1) is 10.1. The van der Waals surface area contributed by atoms with Gasteiger partial charge in [-0.1, -0.05) is 6.07 Å². The van der Waals surface area contributed by atoms with Crippen molar-refractivity contribution in [3.63, 3.8) is 0 Å². The standard InChI is InChI=1S/C15H14N2O4/c1-9(18)11-5-12(16-7-11)15(19)17-6-10-2-3-13-14(4-10)21-8-20-13/h2-5,7,16H,6,8H2,1H3,(H,17,19). The second-order valence-corrected chi connectivity index (χ2v) is 4.73. The largest absolute Gasteiger partial charge is 0.454 e. The van der Waals surface area contributed by atoms with Crippen LogP contribution in [0.25, 0.3) is 0 Å². The van der Waals surface area contributed by atoms with E-state index in [2.05, 4.69) is 10.3 Å². The number of H-pyrrole nitrogens is 1. The average molecular weight is 286 g/mol. The molecule has 0 fully saturated rings. The fourth-order valence-corrected chi connectivity index (χ4v) is 2.06. The topological polar surface area (TPSA) is 80.4 Å². The van der Waals surface area contributed by atoms with E-state index >= 15 is 0 Å². The maximum atomic E-state index is 12.0. The summed E-state index contributed by atoms with van der Waals surface area (Å²) >= 11 is 0. The molecule has 1 aromatic heterocycles. The molecule has 1 aliphatic heterocycles. The van der Waals surface area contributed by atoms with Crippen molar-refractivity contribution >= 4 is 11.7 Å². The molecule has 2 aromatic rings. The number of nitrogens with one attached hydrogen (secondary N) is 2. The first-order valence-electron chi connectivity index (χ1n) is 6.49. The Hall–Kier alpha value is -2.76. The van der Waals surface area contributed by atoms with Gasteiger partial charge in [0.15, 0.2) is 17.3 Å². The van der Waals surface area contributed by atoms with Crippen LogP contribution in [0.5, 0.6) is 11.5 Å². The zero-order valence-electron chi connectivity index (χ0n) is 11.4. The van der Waals surface area contributed by atoms with Crippen molar-refractivity contribution in [1.82, 2.24) is 10.3 Å². The summed E-state index contributed by atoms with van der Waals surface area (Å²) in [5, 5.41) is 2.78. The van der Waals surface area contributed by atoms with E-state index in [1.807, 2.05) is 18.2 Å². The molecule has 0 radical (unpaired) electrons. The highest BCUT2D eigenvalue weighted by molar-refractivity contribution is 5.99. The molecule has 2 N–H and O–H groups in total. The van der Waals surface area contributed by atoms with Gasteiger partial charge in [0.2, 0.25) is 6.79 Å². The fraction of sp³-hybridized carbons (Fsp3) is 0.200. The van der Waals surface area contributed by atoms with Crippen LogP contribution in [0.3, 0.4) is 0 Å². The van der Waals surface area contributed by atoms with Gasteiger partial charge in [-0.05, 0) is 30.7 Å². The van der Waals surface area contributed by atoms with Crippen molar-refractivity contribution in [2.24, 2.45) is 0 Å². The SMILES string of the molecule is CC(=O)c1c[nH]c(C(=O)NCc2ccc3c(c2)OCO3)c1. The average Bonchev–Trinajstić information content (AvgIpc) is 3.12. The lowest BCUT2D eigenvalue weighted by atomic mass is 10.2. The normalized spacial score (nSPS) is 12.2. The van der Waals surface area contributed by atoms with Crippen LogP contribution in [0.1, 0.15) is 33.3 Å². The highest BCUT2D eigenvalue weighted by Gasteiger charge is 2.14. The summed E-state index contributed by atoms with van der Waals surface area (Å²) in [4.78, 5) is 26.0. The Bertz CT molecular complexity index is 705. The highest BCUT2D eigenvalue weighted by Crippen LogP contribution is 2.32. The maximum Gasteiger partial charge on any atom is 0.267 e. The second kappa shape index (κ2) is 5.32. The highest BCUT2D eigenvalue weighted by atomic mass is 16.7. The van der Waals surface area contributed by atoms with Crippen molar-refractivity contribution in [2.75, 3.05) is 6.79 Å². The molecular formula is C15H14N2O4. The molecule has 6 nitrogen and oxygen atoms in total. The van der Waals surface area contributed by atoms with Crippen LogP contribution >= 0.6 is 0 Å². The van der Waals surface area contributed by atoms with Gasteiger partial charge in [-0.2, -0.15) is 0 Å². The van der Waals surface area contributed by atoms with Crippen molar-refractivity contribution < 1.29 is 19.1 Å². The molecule has 0 bridgehead atoms. The number of ether oxygens (including phenoxy) is 2. The van der Waals surface area contributed by atoms with E-state index in [-0.39, 0.29) is 18.5 Å². The Labute approximate surface area is 121 Å². The molecule has 0 atom stereocenters. The maximum absolute atomic E-state index is 12.0. The second-order valence-electron chi connectivity index (χ2n) is 4.73. The molecule has 0 saturated heterocycles. The predicted octanol–water partition coefficient (Wildman–Crippen LogP) is 1.88. The lowest BCUT2D eigenvalue weighted by molar-refractivity contribution is 0.0946. The lowest BCUT2D eigenvalue weighted by Gasteiger charge is -2.05. The molecule has 21 heavy (non-hydrogen) atoms. The molecule has 0 spiro atoms. The summed E-state index contributed by atoms with van der Waals surface area (Å²) in [5.74, 6) is 1.04. The van der Waals surface area contributed by atoms with E-state index in [1.54, 1.807) is 0 Å². The lowest BCUT2D eigenvalue weighted by Crippen LogP contribution is -2.23. The number of aromatic nitrogens is 1. The molecule has 0 saturated carbocycles. The van der Waals surface area contributed by atoms with Gasteiger partial charge in [-0.15, -0.1) is 0 Å². The Morgan fingerprint density at radius 2 is 2.05 bits per heavy atom. The number of carbonyl (C=O) groups is 2. The first kappa shape index (κ1) is 13.2. The van der Waals surface area contributed by atoms with Gasteiger partial charge in [-0.25, -0.2) is 0 Å². The number of rotatable bonds is 4. The Balaban J connectivity index is 1.64. The first-order valence-corrected chi connectivity index (χ1v) is 6.49. The summed E-state index contributed by atoms with van der Waals surface area (Å²) in [5.41, 5.74) is 1.76. The molecule has 3 rings (SSSR count). The van der Waals surface area contributed by atoms with E-state index in [0.717, 1.165) is 5.56 Å². The minimum Gasteiger partial charge on any atom is -0.454 e. The molecular weight excluding hydrogens is 272 g/mol. The number of benzene rings is 1. The number of hydrogen-bond donors (Lipinski definition) is 2. The van der Waals surface area contributed by atoms with Gasteiger partial charge in [0, 0.05) is 18.3 Å². The van der Waals surface area contributed by atoms with Crippen LogP contribution in [-0.2, 0) is 6.54 Å². The summed E-state index contributed by atoms with van der Waals surface area (Å²) in [6.07, 6.45) is 1.53. The van der Waals surface area contributed by atoms with Crippen LogP contribution in [0.15, 0.2) is 30.5 Å². The zero-order chi connectivity index (χ0) is 14.8. The van der Waals surface area contributed by atoms with Crippen molar-refractivity contribution in [1.29, 1.82) is 0 Å². The van der Waals surface area contributed by atoms with Gasteiger partial charge >= 0.3 is 0 Å². The summed E-state index contributed by atoms with van der Waals surface area (Å²) < 4.78 is 10.5. The van der Waals surface area contributed by atoms with Crippen LogP contribution < -0.4 is 14.8 Å². The number of aromatic amines is 1. The van der Waals surface area contributed by atoms with Crippen molar-refractivity contribution in [2.45, 2.75) is 13.5 Å². The van der Waals surface area contributed by atoms with E-state index < -0.39 is 0 Å². The van der Waals surface area contributed by atoms with Crippen molar-refractivity contribution in [3.05, 3.63) is 47.3 Å². The molecule has 1 aliphatic rings. The van der Waals surface area contributed by atoms with Gasteiger partial charge in [0.1, 0.15) is 5.69 Å². The van der Waals surface area contributed by atoms with Crippen LogP contribution in [0.4, 0.5) is 0 Å². The minimum atomic E-state index is -0.264. The van der Waals surface area contributed by atoms with Gasteiger partial charge < -0.3 is 19.8 Å². The van der Waals surface area contributed by atoms with Crippen LogP contribution in [0, 0.1) is 0 Å². The van der Waals surface area contributed by atoms with E-state index in [4.69, 9.17) is 9.47 Å². The molecule has 1 amide bonds. The van der Waals surface area contributed by atoms with Crippen molar-refractivity contribution in [3.8, 4) is 11.5 Å². The smallest absolute Gasteiger partial charge is 0.267 e. The zero-order valence-corrected chi connectivity index (χ0v) is 11.4. The molecule has 0 unspecified atom stereocenters. The number of fused-ring (bicyclic) bond motifs is 1. The van der Waals surface area contributed by atoms with E-state index in [0.29, 0.717) is 29.3 Å². The number of hydrogen-bond acceptors (Lipinski definition) is 4. The predicted molar refractivity (Wildman–Crippen MR) is 74.5 cm³/mol. The third kappa shape index (κ3) is 2.74. The van der Waals surface area contributed by atoms with Gasteiger partial charge in [-0.3, -0.25) is 9.59 Å². The van der Waals surface area contributed by atoms with E-state index in [9.17, 15) is 9.59 Å². The Morgan fingerprint density at radius 3 is 2.81 bits per heavy atom. The Kier molecular flexibility index (Phi) is 3.35. The third-order valence-corrected chi connectivity index (χ3v) is 3.22. The number of carbonyl (C=O) groups excluding carboxylic acids is 2. The van der Waals surface area contributed by atoms with Crippen LogP contribution in [-0.4, -0.2) is 23.5 Å². The number of ketones is 1. The molecule has 1 aromatic carbocycles. The van der Waals surface area contributed by atoms with Gasteiger partial charge in [0.05, 0.1) is 0 Å². The molecule has 2 heterocycles. The monoisotopic (exact) mass is 286 g/mol. The quantitative estimate of drug-likeness (QED) is 0.841. The summed E-state index contributed by atoms with van der Waals surface area (Å²) in [6, 6.07) is 7.05. The molecule has 0 aliphatic carbocycles. The van der Waals surface area contributed by atoms with Crippen LogP contribution in [0.2, 0.25) is 0 Å². The van der Waals surface area contributed by atoms with Gasteiger partial charge in [0.25, 0.3) is 5.91 Å². The third-order valence-electron chi connectivity index (χ3n) is 3.22. The summed E-state index contributed by atoms with van der Waals surface area (Å²) in [7, 11) is 0. The Morgan fingerprint density at radius 1 is 1.24 bits per heavy atom. The minimum absolute atomic E-state index is 0.0823. The number of Topliss-reactive ketones (excluding diaryl/α,β-unsaturated/α-hetero) is 1. The number of amides is 1. The van der Waals surface area contributed by atoms with E-state index in [1.165, 1.54) is 19.2 Å². The summed E-state index contributed by atoms with van der Waals surface area (Å²) in [6.45, 7) is 2.04. The fourth-order valence-electron chi connectivity index (χ4n) is 2.06. The molecule has 6 heteroatoms. The molecule has 108 valence electrons.